The first-order valence-electron chi connectivity index (χ1n) is 8.06. The van der Waals surface area contributed by atoms with Gasteiger partial charge in [-0.25, -0.2) is 0 Å². The normalized spacial score (nSPS) is 11.1. The number of fused-ring (bicyclic) bond motifs is 2. The standard InChI is InChI=1S/C21H17NO3/c1-24-13-17-16-10-4-5-12-19(16)25-20(17)21(23)22-18-11-6-8-14-7-2-3-9-15(14)18/h2-12H,13H2,1H3,(H,22,23). The molecule has 0 unspecified atom stereocenters. The van der Waals surface area contributed by atoms with Gasteiger partial charge in [-0.05, 0) is 17.5 Å². The van der Waals surface area contributed by atoms with Gasteiger partial charge in [-0.1, -0.05) is 54.6 Å². The first-order valence-corrected chi connectivity index (χ1v) is 8.06. The highest BCUT2D eigenvalue weighted by Crippen LogP contribution is 2.29. The molecule has 0 saturated heterocycles. The van der Waals surface area contributed by atoms with Crippen LogP contribution < -0.4 is 5.32 Å². The van der Waals surface area contributed by atoms with Crippen LogP contribution in [0.4, 0.5) is 5.69 Å². The van der Waals surface area contributed by atoms with Crippen LogP contribution in [0.25, 0.3) is 21.7 Å². The van der Waals surface area contributed by atoms with E-state index in [1.165, 1.54) is 0 Å². The van der Waals surface area contributed by atoms with E-state index in [2.05, 4.69) is 5.32 Å². The van der Waals surface area contributed by atoms with Crippen LogP contribution in [-0.4, -0.2) is 13.0 Å². The first kappa shape index (κ1) is 15.4. The lowest BCUT2D eigenvalue weighted by Gasteiger charge is -2.08. The fourth-order valence-electron chi connectivity index (χ4n) is 3.08. The summed E-state index contributed by atoms with van der Waals surface area (Å²) in [5.74, 6) is 0.00980. The van der Waals surface area contributed by atoms with Gasteiger partial charge in [0.25, 0.3) is 5.91 Å². The molecule has 0 bridgehead atoms. The number of anilines is 1. The molecule has 0 aliphatic heterocycles. The zero-order valence-electron chi connectivity index (χ0n) is 13.8. The lowest BCUT2D eigenvalue weighted by atomic mass is 10.1. The molecular formula is C21H17NO3. The largest absolute Gasteiger partial charge is 0.451 e. The van der Waals surface area contributed by atoms with Crippen molar-refractivity contribution in [2.24, 2.45) is 0 Å². The van der Waals surface area contributed by atoms with E-state index < -0.39 is 0 Å². The van der Waals surface area contributed by atoms with Crippen LogP contribution in [0.1, 0.15) is 16.1 Å². The predicted octanol–water partition coefficient (Wildman–Crippen LogP) is 4.98. The number of nitrogens with one attached hydrogen (secondary N) is 1. The van der Waals surface area contributed by atoms with E-state index in [1.807, 2.05) is 66.7 Å². The predicted molar refractivity (Wildman–Crippen MR) is 98.8 cm³/mol. The number of rotatable bonds is 4. The number of benzene rings is 3. The Kier molecular flexibility index (Phi) is 3.96. The van der Waals surface area contributed by atoms with E-state index in [9.17, 15) is 4.79 Å². The molecule has 0 spiro atoms. The van der Waals surface area contributed by atoms with Crippen LogP contribution in [-0.2, 0) is 11.3 Å². The average Bonchev–Trinajstić information content (AvgIpc) is 3.01. The van der Waals surface area contributed by atoms with Crippen LogP contribution in [0.3, 0.4) is 0 Å². The minimum atomic E-state index is -0.278. The van der Waals surface area contributed by atoms with E-state index in [4.69, 9.17) is 9.15 Å². The number of hydrogen-bond donors (Lipinski definition) is 1. The summed E-state index contributed by atoms with van der Waals surface area (Å²) in [6, 6.07) is 21.3. The molecule has 0 aliphatic rings. The molecule has 3 aromatic carbocycles. The summed E-state index contributed by atoms with van der Waals surface area (Å²) in [7, 11) is 1.61. The van der Waals surface area contributed by atoms with Crippen LogP contribution in [0.2, 0.25) is 0 Å². The second-order valence-electron chi connectivity index (χ2n) is 5.82. The van der Waals surface area contributed by atoms with Crippen molar-refractivity contribution in [1.82, 2.24) is 0 Å². The van der Waals surface area contributed by atoms with Crippen molar-refractivity contribution >= 4 is 33.3 Å². The molecule has 1 N–H and O–H groups in total. The monoisotopic (exact) mass is 331 g/mol. The van der Waals surface area contributed by atoms with Gasteiger partial charge >= 0.3 is 0 Å². The number of carbonyl (C=O) groups excluding carboxylic acids is 1. The molecule has 124 valence electrons. The Morgan fingerprint density at radius 2 is 1.68 bits per heavy atom. The van der Waals surface area contributed by atoms with Gasteiger partial charge < -0.3 is 14.5 Å². The van der Waals surface area contributed by atoms with E-state index in [0.717, 1.165) is 27.4 Å². The highest BCUT2D eigenvalue weighted by atomic mass is 16.5. The Hall–Kier alpha value is -3.11. The summed E-state index contributed by atoms with van der Waals surface area (Å²) in [4.78, 5) is 12.9. The van der Waals surface area contributed by atoms with Crippen molar-refractivity contribution in [1.29, 1.82) is 0 Å². The van der Waals surface area contributed by atoms with Gasteiger partial charge in [0.15, 0.2) is 5.76 Å². The molecule has 1 amide bonds. The van der Waals surface area contributed by atoms with E-state index in [0.29, 0.717) is 12.2 Å². The molecule has 0 aliphatic carbocycles. The minimum Gasteiger partial charge on any atom is -0.451 e. The Labute approximate surface area is 145 Å². The van der Waals surface area contributed by atoms with Crippen molar-refractivity contribution in [2.75, 3.05) is 12.4 Å². The molecular weight excluding hydrogens is 314 g/mol. The lowest BCUT2D eigenvalue weighted by Crippen LogP contribution is -2.13. The topological polar surface area (TPSA) is 51.5 Å². The number of para-hydroxylation sites is 1. The number of furan rings is 1. The Morgan fingerprint density at radius 3 is 2.52 bits per heavy atom. The second kappa shape index (κ2) is 6.42. The van der Waals surface area contributed by atoms with Crippen molar-refractivity contribution in [3.05, 3.63) is 78.1 Å². The Balaban J connectivity index is 1.76. The van der Waals surface area contributed by atoms with E-state index in [-0.39, 0.29) is 11.7 Å². The maximum atomic E-state index is 12.9. The van der Waals surface area contributed by atoms with Crippen LogP contribution in [0.15, 0.2) is 71.1 Å². The maximum Gasteiger partial charge on any atom is 0.291 e. The van der Waals surface area contributed by atoms with Gasteiger partial charge in [-0.2, -0.15) is 0 Å². The number of carbonyl (C=O) groups is 1. The molecule has 0 atom stereocenters. The average molecular weight is 331 g/mol. The summed E-state index contributed by atoms with van der Waals surface area (Å²) in [5, 5.41) is 5.93. The number of methoxy groups -OCH3 is 1. The Bertz CT molecular complexity index is 1060. The molecule has 0 saturated carbocycles. The zero-order chi connectivity index (χ0) is 17.2. The minimum absolute atomic E-state index is 0.278. The quantitative estimate of drug-likeness (QED) is 0.573. The van der Waals surface area contributed by atoms with Gasteiger partial charge in [0.05, 0.1) is 6.61 Å². The molecule has 4 aromatic rings. The summed E-state index contributed by atoms with van der Waals surface area (Å²) in [5.41, 5.74) is 2.19. The molecule has 0 fully saturated rings. The smallest absolute Gasteiger partial charge is 0.291 e. The fraction of sp³-hybridized carbons (Fsp3) is 0.0952. The molecule has 4 nitrogen and oxygen atoms in total. The molecule has 25 heavy (non-hydrogen) atoms. The van der Waals surface area contributed by atoms with Gasteiger partial charge in [0.1, 0.15) is 5.58 Å². The number of hydrogen-bond acceptors (Lipinski definition) is 3. The summed E-state index contributed by atoms with van der Waals surface area (Å²) in [6.07, 6.45) is 0. The van der Waals surface area contributed by atoms with E-state index in [1.54, 1.807) is 7.11 Å². The van der Waals surface area contributed by atoms with Crippen molar-refractivity contribution in [2.45, 2.75) is 6.61 Å². The molecule has 4 rings (SSSR count). The summed E-state index contributed by atoms with van der Waals surface area (Å²) >= 11 is 0. The SMILES string of the molecule is COCc1c(C(=O)Nc2cccc3ccccc23)oc2ccccc12. The number of ether oxygens (including phenoxy) is 1. The van der Waals surface area contributed by atoms with Crippen LogP contribution in [0, 0.1) is 0 Å². The van der Waals surface area contributed by atoms with Crippen LogP contribution in [0.5, 0.6) is 0 Å². The van der Waals surface area contributed by atoms with Crippen molar-refractivity contribution in [3.8, 4) is 0 Å². The zero-order valence-corrected chi connectivity index (χ0v) is 13.8. The molecule has 0 radical (unpaired) electrons. The third kappa shape index (κ3) is 2.77. The van der Waals surface area contributed by atoms with Gasteiger partial charge in [0.2, 0.25) is 0 Å². The van der Waals surface area contributed by atoms with Crippen molar-refractivity contribution < 1.29 is 13.9 Å². The third-order valence-electron chi connectivity index (χ3n) is 4.23. The molecule has 1 heterocycles. The van der Waals surface area contributed by atoms with Gasteiger partial charge in [-0.3, -0.25) is 4.79 Å². The van der Waals surface area contributed by atoms with Crippen molar-refractivity contribution in [3.63, 3.8) is 0 Å². The molecule has 4 heteroatoms. The fourth-order valence-corrected chi connectivity index (χ4v) is 3.08. The van der Waals surface area contributed by atoms with E-state index >= 15 is 0 Å². The van der Waals surface area contributed by atoms with Gasteiger partial charge in [0, 0.05) is 29.1 Å². The second-order valence-corrected chi connectivity index (χ2v) is 5.82. The first-order chi connectivity index (χ1) is 12.3. The summed E-state index contributed by atoms with van der Waals surface area (Å²) < 4.78 is 11.1. The number of amides is 1. The molecule has 1 aromatic heterocycles. The lowest BCUT2D eigenvalue weighted by molar-refractivity contribution is 0.0992. The maximum absolute atomic E-state index is 12.9. The van der Waals surface area contributed by atoms with Crippen LogP contribution >= 0.6 is 0 Å². The summed E-state index contributed by atoms with van der Waals surface area (Å²) in [6.45, 7) is 0.315. The Morgan fingerprint density at radius 1 is 0.960 bits per heavy atom. The highest BCUT2D eigenvalue weighted by molar-refractivity contribution is 6.10. The third-order valence-corrected chi connectivity index (χ3v) is 4.23. The highest BCUT2D eigenvalue weighted by Gasteiger charge is 2.20. The van der Waals surface area contributed by atoms with Gasteiger partial charge in [-0.15, -0.1) is 0 Å².